The van der Waals surface area contributed by atoms with Crippen molar-refractivity contribution in [2.75, 3.05) is 7.11 Å². The zero-order valence-electron chi connectivity index (χ0n) is 11.7. The van der Waals surface area contributed by atoms with E-state index in [1.807, 2.05) is 25.1 Å². The smallest absolute Gasteiger partial charge is 0.171 e. The van der Waals surface area contributed by atoms with E-state index in [-0.39, 0.29) is 18.2 Å². The summed E-state index contributed by atoms with van der Waals surface area (Å²) in [5.74, 6) is 0.552. The van der Waals surface area contributed by atoms with E-state index in [1.165, 1.54) is 7.11 Å². The van der Waals surface area contributed by atoms with E-state index in [0.717, 1.165) is 16.9 Å². The lowest BCUT2D eigenvalue weighted by atomic mass is 10.1. The fourth-order valence-corrected chi connectivity index (χ4v) is 1.91. The number of rotatable bonds is 5. The Morgan fingerprint density at radius 3 is 2.65 bits per heavy atom. The summed E-state index contributed by atoms with van der Waals surface area (Å²) in [6.45, 7) is 2.54. The van der Waals surface area contributed by atoms with E-state index in [1.54, 1.807) is 18.2 Å². The lowest BCUT2D eigenvalue weighted by Gasteiger charge is -2.12. The third kappa shape index (κ3) is 3.08. The van der Waals surface area contributed by atoms with Crippen LogP contribution in [0, 0.1) is 12.7 Å². The van der Waals surface area contributed by atoms with Gasteiger partial charge in [-0.25, -0.2) is 4.39 Å². The van der Waals surface area contributed by atoms with Gasteiger partial charge in [0.2, 0.25) is 0 Å². The molecule has 0 spiro atoms. The molecule has 0 aliphatic heterocycles. The van der Waals surface area contributed by atoms with Gasteiger partial charge in [-0.15, -0.1) is 0 Å². The maximum atomic E-state index is 14.0. The third-order valence-corrected chi connectivity index (χ3v) is 3.13. The first kappa shape index (κ1) is 14.3. The lowest BCUT2D eigenvalue weighted by molar-refractivity contribution is 0.293. The highest BCUT2D eigenvalue weighted by atomic mass is 19.1. The molecule has 106 valence electrons. The number of nitrogens with two attached hydrogens (primary N) is 1. The van der Waals surface area contributed by atoms with Gasteiger partial charge in [0.25, 0.3) is 0 Å². The van der Waals surface area contributed by atoms with Gasteiger partial charge in [0, 0.05) is 12.1 Å². The zero-order chi connectivity index (χ0) is 14.5. The van der Waals surface area contributed by atoms with Crippen LogP contribution in [-0.2, 0) is 13.2 Å². The van der Waals surface area contributed by atoms with Crippen LogP contribution in [-0.4, -0.2) is 7.11 Å². The van der Waals surface area contributed by atoms with E-state index in [2.05, 4.69) is 0 Å². The fourth-order valence-electron chi connectivity index (χ4n) is 1.91. The van der Waals surface area contributed by atoms with Crippen molar-refractivity contribution in [2.45, 2.75) is 20.1 Å². The Balaban J connectivity index is 2.16. The Bertz CT molecular complexity index is 597. The lowest BCUT2D eigenvalue weighted by Crippen LogP contribution is -2.03. The minimum Gasteiger partial charge on any atom is -0.494 e. The molecule has 0 radical (unpaired) electrons. The van der Waals surface area contributed by atoms with Crippen LogP contribution in [0.5, 0.6) is 11.5 Å². The van der Waals surface area contributed by atoms with Crippen molar-refractivity contribution in [2.24, 2.45) is 5.73 Å². The first-order chi connectivity index (χ1) is 9.65. The van der Waals surface area contributed by atoms with Gasteiger partial charge in [0.05, 0.1) is 7.11 Å². The highest BCUT2D eigenvalue weighted by Gasteiger charge is 2.09. The van der Waals surface area contributed by atoms with Gasteiger partial charge in [0.1, 0.15) is 12.4 Å². The van der Waals surface area contributed by atoms with Crippen LogP contribution >= 0.6 is 0 Å². The Morgan fingerprint density at radius 2 is 1.95 bits per heavy atom. The second-order valence-electron chi connectivity index (χ2n) is 4.53. The molecule has 2 aromatic carbocycles. The summed E-state index contributed by atoms with van der Waals surface area (Å²) >= 11 is 0. The molecule has 0 bridgehead atoms. The number of hydrogen-bond donors (Lipinski definition) is 1. The van der Waals surface area contributed by atoms with Crippen LogP contribution in [0.2, 0.25) is 0 Å². The first-order valence-electron chi connectivity index (χ1n) is 6.39. The van der Waals surface area contributed by atoms with Gasteiger partial charge in [-0.2, -0.15) is 0 Å². The Hall–Kier alpha value is -2.07. The second-order valence-corrected chi connectivity index (χ2v) is 4.53. The minimum atomic E-state index is -0.386. The van der Waals surface area contributed by atoms with Gasteiger partial charge < -0.3 is 15.2 Å². The Morgan fingerprint density at radius 1 is 1.15 bits per heavy atom. The summed E-state index contributed by atoms with van der Waals surface area (Å²) in [6, 6.07) is 10.8. The molecule has 0 heterocycles. The van der Waals surface area contributed by atoms with Gasteiger partial charge in [-0.3, -0.25) is 0 Å². The molecule has 0 aliphatic rings. The zero-order valence-corrected chi connectivity index (χ0v) is 11.7. The molecule has 2 aromatic rings. The number of ether oxygens (including phenoxy) is 2. The molecule has 0 atom stereocenters. The number of methoxy groups -OCH3 is 1. The van der Waals surface area contributed by atoms with Crippen LogP contribution in [0.15, 0.2) is 36.4 Å². The number of benzene rings is 2. The molecule has 0 aliphatic carbocycles. The van der Waals surface area contributed by atoms with Gasteiger partial charge >= 0.3 is 0 Å². The van der Waals surface area contributed by atoms with E-state index in [9.17, 15) is 4.39 Å². The quantitative estimate of drug-likeness (QED) is 0.911. The third-order valence-electron chi connectivity index (χ3n) is 3.13. The predicted octanol–water partition coefficient (Wildman–Crippen LogP) is 3.18. The van der Waals surface area contributed by atoms with Gasteiger partial charge in [-0.05, 0) is 30.2 Å². The number of hydrogen-bond acceptors (Lipinski definition) is 3. The molecule has 4 heteroatoms. The van der Waals surface area contributed by atoms with Crippen molar-refractivity contribution < 1.29 is 13.9 Å². The van der Waals surface area contributed by atoms with Crippen molar-refractivity contribution in [1.82, 2.24) is 0 Å². The summed E-state index contributed by atoms with van der Waals surface area (Å²) in [5.41, 5.74) is 8.04. The summed E-state index contributed by atoms with van der Waals surface area (Å²) in [7, 11) is 1.44. The maximum Gasteiger partial charge on any atom is 0.171 e. The SMILES string of the molecule is COc1cccc(COc2cc(CN)ccc2C)c1F. The van der Waals surface area contributed by atoms with E-state index in [4.69, 9.17) is 15.2 Å². The molecular formula is C16H18FNO2. The van der Waals surface area contributed by atoms with Crippen molar-refractivity contribution in [3.05, 3.63) is 58.9 Å². The van der Waals surface area contributed by atoms with Crippen molar-refractivity contribution >= 4 is 0 Å². The van der Waals surface area contributed by atoms with E-state index >= 15 is 0 Å². The van der Waals surface area contributed by atoms with Crippen LogP contribution in [0.3, 0.4) is 0 Å². The molecule has 2 rings (SSSR count). The summed E-state index contributed by atoms with van der Waals surface area (Å²) in [5, 5.41) is 0. The van der Waals surface area contributed by atoms with Gasteiger partial charge in [-0.1, -0.05) is 24.3 Å². The summed E-state index contributed by atoms with van der Waals surface area (Å²) in [4.78, 5) is 0. The molecule has 0 unspecified atom stereocenters. The second kappa shape index (κ2) is 6.39. The topological polar surface area (TPSA) is 44.5 Å². The van der Waals surface area contributed by atoms with Gasteiger partial charge in [0.15, 0.2) is 11.6 Å². The average molecular weight is 275 g/mol. The molecule has 2 N–H and O–H groups in total. The maximum absolute atomic E-state index is 14.0. The monoisotopic (exact) mass is 275 g/mol. The summed E-state index contributed by atoms with van der Waals surface area (Å²) < 4.78 is 24.6. The number of aryl methyl sites for hydroxylation is 1. The largest absolute Gasteiger partial charge is 0.494 e. The summed E-state index contributed by atoms with van der Waals surface area (Å²) in [6.07, 6.45) is 0. The first-order valence-corrected chi connectivity index (χ1v) is 6.39. The standard InChI is InChI=1S/C16H18FNO2/c1-11-6-7-12(9-18)8-15(11)20-10-13-4-3-5-14(19-2)16(13)17/h3-8H,9-10,18H2,1-2H3. The van der Waals surface area contributed by atoms with Crippen molar-refractivity contribution in [1.29, 1.82) is 0 Å². The molecule has 3 nitrogen and oxygen atoms in total. The molecule has 0 saturated carbocycles. The van der Waals surface area contributed by atoms with E-state index in [0.29, 0.717) is 12.1 Å². The van der Waals surface area contributed by atoms with E-state index < -0.39 is 0 Å². The van der Waals surface area contributed by atoms with Crippen molar-refractivity contribution in [3.8, 4) is 11.5 Å². The fraction of sp³-hybridized carbons (Fsp3) is 0.250. The van der Waals surface area contributed by atoms with Crippen molar-refractivity contribution in [3.63, 3.8) is 0 Å². The van der Waals surface area contributed by atoms with Crippen LogP contribution in [0.25, 0.3) is 0 Å². The minimum absolute atomic E-state index is 0.151. The molecule has 0 saturated heterocycles. The normalized spacial score (nSPS) is 10.4. The average Bonchev–Trinajstić information content (AvgIpc) is 2.47. The predicted molar refractivity (Wildman–Crippen MR) is 76.4 cm³/mol. The van der Waals surface area contributed by atoms with Crippen LogP contribution in [0.4, 0.5) is 4.39 Å². The molecule has 0 amide bonds. The number of halogens is 1. The molecule has 0 fully saturated rings. The van der Waals surface area contributed by atoms with Crippen LogP contribution in [0.1, 0.15) is 16.7 Å². The Labute approximate surface area is 118 Å². The Kier molecular flexibility index (Phi) is 4.58. The molecule has 20 heavy (non-hydrogen) atoms. The highest BCUT2D eigenvalue weighted by Crippen LogP contribution is 2.24. The molecule has 0 aromatic heterocycles. The van der Waals surface area contributed by atoms with Crippen LogP contribution < -0.4 is 15.2 Å². The highest BCUT2D eigenvalue weighted by molar-refractivity contribution is 5.37. The molecular weight excluding hydrogens is 257 g/mol.